The van der Waals surface area contributed by atoms with Crippen LogP contribution in [-0.4, -0.2) is 9.55 Å². The van der Waals surface area contributed by atoms with E-state index in [-0.39, 0.29) is 0 Å². The summed E-state index contributed by atoms with van der Waals surface area (Å²) in [6, 6.07) is 15.9. The van der Waals surface area contributed by atoms with Crippen molar-refractivity contribution < 1.29 is 0 Å². The first-order chi connectivity index (χ1) is 9.24. The maximum atomic E-state index is 5.67. The Morgan fingerprint density at radius 3 is 2.47 bits per heavy atom. The molecule has 94 valence electrons. The van der Waals surface area contributed by atoms with Gasteiger partial charge in [-0.25, -0.2) is 4.98 Å². The molecule has 0 bridgehead atoms. The molecule has 0 spiro atoms. The number of fused-ring (bicyclic) bond motifs is 1. The van der Waals surface area contributed by atoms with E-state index >= 15 is 0 Å². The summed E-state index contributed by atoms with van der Waals surface area (Å²) in [6.07, 6.45) is 4.06. The number of hydrogen-bond acceptors (Lipinski definition) is 2. The van der Waals surface area contributed by atoms with E-state index in [2.05, 4.69) is 15.6 Å². The number of nitrogens with zero attached hydrogens (tertiary/aromatic N) is 2. The molecule has 0 fully saturated rings. The van der Waals surface area contributed by atoms with Gasteiger partial charge in [0.05, 0.1) is 11.0 Å². The molecule has 1 heterocycles. The normalized spacial score (nSPS) is 11.4. The molecule has 0 aliphatic carbocycles. The highest BCUT2D eigenvalue weighted by molar-refractivity contribution is 5.79. The minimum Gasteiger partial charge on any atom is -0.399 e. The monoisotopic (exact) mass is 249 g/mol. The molecule has 3 aromatic rings. The first kappa shape index (κ1) is 11.5. The smallest absolute Gasteiger partial charge is 0.133 e. The summed E-state index contributed by atoms with van der Waals surface area (Å²) >= 11 is 0. The van der Waals surface area contributed by atoms with E-state index in [9.17, 15) is 0 Å². The maximum absolute atomic E-state index is 5.67. The largest absolute Gasteiger partial charge is 0.399 e. The predicted octanol–water partition coefficient (Wildman–Crippen LogP) is 3.33. The summed E-state index contributed by atoms with van der Waals surface area (Å²) < 4.78 is 2.09. The van der Waals surface area contributed by atoms with Gasteiger partial charge < -0.3 is 10.3 Å². The van der Waals surface area contributed by atoms with Gasteiger partial charge in [0.2, 0.25) is 0 Å². The molecule has 3 heteroatoms. The highest BCUT2D eigenvalue weighted by Crippen LogP contribution is 2.16. The van der Waals surface area contributed by atoms with Crippen LogP contribution in [-0.2, 0) is 7.05 Å². The first-order valence-electron chi connectivity index (χ1n) is 6.19. The zero-order valence-corrected chi connectivity index (χ0v) is 10.7. The number of rotatable bonds is 2. The summed E-state index contributed by atoms with van der Waals surface area (Å²) in [4.78, 5) is 4.60. The van der Waals surface area contributed by atoms with Crippen LogP contribution in [0.2, 0.25) is 0 Å². The molecule has 2 N–H and O–H groups in total. The highest BCUT2D eigenvalue weighted by Gasteiger charge is 2.03. The molecule has 0 aliphatic rings. The van der Waals surface area contributed by atoms with Gasteiger partial charge in [-0.1, -0.05) is 30.3 Å². The van der Waals surface area contributed by atoms with Crippen LogP contribution in [0.25, 0.3) is 23.2 Å². The van der Waals surface area contributed by atoms with Crippen molar-refractivity contribution in [2.45, 2.75) is 0 Å². The van der Waals surface area contributed by atoms with Gasteiger partial charge in [-0.05, 0) is 35.9 Å². The standard InChI is InChI=1S/C16H15N3/c1-19-15-5-3-2-4-14(15)18-16(19)11-8-12-6-9-13(17)10-7-12/h2-11H,17H2,1H3. The maximum Gasteiger partial charge on any atom is 0.133 e. The van der Waals surface area contributed by atoms with Gasteiger partial charge in [0.15, 0.2) is 0 Å². The fourth-order valence-electron chi connectivity index (χ4n) is 2.09. The molecule has 0 aliphatic heterocycles. The van der Waals surface area contributed by atoms with Crippen LogP contribution in [0.5, 0.6) is 0 Å². The van der Waals surface area contributed by atoms with Gasteiger partial charge >= 0.3 is 0 Å². The molecule has 3 nitrogen and oxygen atoms in total. The molecule has 3 rings (SSSR count). The molecule has 0 saturated heterocycles. The van der Waals surface area contributed by atoms with E-state index in [1.165, 1.54) is 0 Å². The number of nitrogen functional groups attached to an aromatic ring is 1. The molecule has 0 atom stereocenters. The Labute approximate surface area is 112 Å². The molecule has 1 aromatic heterocycles. The molecular formula is C16H15N3. The third-order valence-electron chi connectivity index (χ3n) is 3.18. The van der Waals surface area contributed by atoms with E-state index in [0.29, 0.717) is 0 Å². The lowest BCUT2D eigenvalue weighted by Gasteiger charge is -1.97. The van der Waals surface area contributed by atoms with Crippen LogP contribution in [0.1, 0.15) is 11.4 Å². The number of benzene rings is 2. The summed E-state index contributed by atoms with van der Waals surface area (Å²) in [7, 11) is 2.03. The van der Waals surface area contributed by atoms with E-state index in [1.54, 1.807) is 0 Å². The van der Waals surface area contributed by atoms with Crippen molar-refractivity contribution >= 4 is 28.9 Å². The number of aryl methyl sites for hydroxylation is 1. The number of nitrogens with two attached hydrogens (primary N) is 1. The zero-order chi connectivity index (χ0) is 13.2. The Hall–Kier alpha value is -2.55. The Kier molecular flexibility index (Phi) is 2.80. The molecular weight excluding hydrogens is 234 g/mol. The Morgan fingerprint density at radius 1 is 1.00 bits per heavy atom. The summed E-state index contributed by atoms with van der Waals surface area (Å²) in [6.45, 7) is 0. The number of aromatic nitrogens is 2. The third-order valence-corrected chi connectivity index (χ3v) is 3.18. The van der Waals surface area contributed by atoms with Crippen molar-refractivity contribution in [3.8, 4) is 0 Å². The minimum atomic E-state index is 0.778. The minimum absolute atomic E-state index is 0.778. The second-order valence-electron chi connectivity index (χ2n) is 4.52. The average Bonchev–Trinajstić information content (AvgIpc) is 2.76. The van der Waals surface area contributed by atoms with Crippen LogP contribution in [0, 0.1) is 0 Å². The SMILES string of the molecule is Cn1c(C=Cc2ccc(N)cc2)nc2ccccc21. The van der Waals surface area contributed by atoms with Crippen molar-refractivity contribution in [1.29, 1.82) is 0 Å². The predicted molar refractivity (Wildman–Crippen MR) is 80.5 cm³/mol. The number of imidazole rings is 1. The molecule has 2 aromatic carbocycles. The average molecular weight is 249 g/mol. The zero-order valence-electron chi connectivity index (χ0n) is 10.7. The van der Waals surface area contributed by atoms with E-state index in [1.807, 2.05) is 61.7 Å². The van der Waals surface area contributed by atoms with Gasteiger partial charge in [-0.15, -0.1) is 0 Å². The highest BCUT2D eigenvalue weighted by atomic mass is 15.0. The van der Waals surface area contributed by atoms with Crippen molar-refractivity contribution in [1.82, 2.24) is 9.55 Å². The number of hydrogen-bond donors (Lipinski definition) is 1. The molecule has 0 saturated carbocycles. The summed E-state index contributed by atoms with van der Waals surface area (Å²) in [5.41, 5.74) is 9.71. The Bertz CT molecular complexity index is 736. The second kappa shape index (κ2) is 4.61. The van der Waals surface area contributed by atoms with Crippen molar-refractivity contribution in [3.05, 3.63) is 59.9 Å². The van der Waals surface area contributed by atoms with Crippen LogP contribution >= 0.6 is 0 Å². The van der Waals surface area contributed by atoms with Crippen LogP contribution < -0.4 is 5.73 Å². The molecule has 19 heavy (non-hydrogen) atoms. The fourth-order valence-corrected chi connectivity index (χ4v) is 2.09. The second-order valence-corrected chi connectivity index (χ2v) is 4.52. The summed E-state index contributed by atoms with van der Waals surface area (Å²) in [5, 5.41) is 0. The number of anilines is 1. The van der Waals surface area contributed by atoms with E-state index < -0.39 is 0 Å². The topological polar surface area (TPSA) is 43.8 Å². The van der Waals surface area contributed by atoms with Gasteiger partial charge in [-0.2, -0.15) is 0 Å². The van der Waals surface area contributed by atoms with Crippen LogP contribution in [0.15, 0.2) is 48.5 Å². The van der Waals surface area contributed by atoms with Gasteiger partial charge in [0, 0.05) is 12.7 Å². The van der Waals surface area contributed by atoms with Gasteiger partial charge in [0.25, 0.3) is 0 Å². The van der Waals surface area contributed by atoms with E-state index in [0.717, 1.165) is 28.1 Å². The lowest BCUT2D eigenvalue weighted by Crippen LogP contribution is -1.90. The van der Waals surface area contributed by atoms with Crippen LogP contribution in [0.4, 0.5) is 5.69 Å². The van der Waals surface area contributed by atoms with Gasteiger partial charge in [0.1, 0.15) is 5.82 Å². The first-order valence-corrected chi connectivity index (χ1v) is 6.19. The third kappa shape index (κ3) is 2.22. The quantitative estimate of drug-likeness (QED) is 0.708. The Balaban J connectivity index is 1.97. The summed E-state index contributed by atoms with van der Waals surface area (Å²) in [5.74, 6) is 0.943. The molecule has 0 radical (unpaired) electrons. The molecule has 0 amide bonds. The lowest BCUT2D eigenvalue weighted by molar-refractivity contribution is 0.930. The Morgan fingerprint density at radius 2 is 1.74 bits per heavy atom. The van der Waals surface area contributed by atoms with Gasteiger partial charge in [-0.3, -0.25) is 0 Å². The molecule has 0 unspecified atom stereocenters. The van der Waals surface area contributed by atoms with Crippen molar-refractivity contribution in [2.24, 2.45) is 7.05 Å². The van der Waals surface area contributed by atoms with Crippen molar-refractivity contribution in [2.75, 3.05) is 5.73 Å². The lowest BCUT2D eigenvalue weighted by atomic mass is 10.2. The van der Waals surface area contributed by atoms with Crippen LogP contribution in [0.3, 0.4) is 0 Å². The fraction of sp³-hybridized carbons (Fsp3) is 0.0625. The van der Waals surface area contributed by atoms with Crippen molar-refractivity contribution in [3.63, 3.8) is 0 Å². The number of para-hydroxylation sites is 2. The van der Waals surface area contributed by atoms with E-state index in [4.69, 9.17) is 5.73 Å².